The number of nitrogens with one attached hydrogen (secondary N) is 1. The molecule has 0 spiro atoms. The van der Waals surface area contributed by atoms with Gasteiger partial charge in [-0.2, -0.15) is 5.10 Å². The van der Waals surface area contributed by atoms with E-state index in [1.165, 1.54) is 0 Å². The third-order valence-corrected chi connectivity index (χ3v) is 4.69. The molecule has 1 N–H and O–H groups in total. The highest BCUT2D eigenvalue weighted by atomic mass is 16.5. The van der Waals surface area contributed by atoms with Crippen molar-refractivity contribution in [3.8, 4) is 11.5 Å². The van der Waals surface area contributed by atoms with E-state index in [0.717, 1.165) is 11.1 Å². The Bertz CT molecular complexity index is 950. The van der Waals surface area contributed by atoms with E-state index in [4.69, 9.17) is 9.47 Å². The van der Waals surface area contributed by atoms with Gasteiger partial charge < -0.3 is 9.47 Å². The molecule has 0 saturated carbocycles. The topological polar surface area (TPSA) is 63.2 Å². The molecule has 0 radical (unpaired) electrons. The number of hydrogen-bond acceptors (Lipinski definition) is 5. The molecule has 0 atom stereocenters. The highest BCUT2D eigenvalue weighted by molar-refractivity contribution is 5.86. The third-order valence-electron chi connectivity index (χ3n) is 4.69. The van der Waals surface area contributed by atoms with E-state index in [1.807, 2.05) is 36.4 Å². The normalized spacial score (nSPS) is 10.9. The molecule has 0 bridgehead atoms. The minimum atomic E-state index is -0.190. The first kappa shape index (κ1) is 22.1. The first-order chi connectivity index (χ1) is 15.2. The van der Waals surface area contributed by atoms with Crippen LogP contribution in [0.3, 0.4) is 0 Å². The number of benzene rings is 3. The highest BCUT2D eigenvalue weighted by Crippen LogP contribution is 2.22. The number of amides is 1. The van der Waals surface area contributed by atoms with Crippen LogP contribution in [0.1, 0.15) is 16.7 Å². The molecule has 3 aromatic carbocycles. The van der Waals surface area contributed by atoms with Crippen molar-refractivity contribution in [3.63, 3.8) is 0 Å². The van der Waals surface area contributed by atoms with Gasteiger partial charge in [0.15, 0.2) is 0 Å². The van der Waals surface area contributed by atoms with Crippen molar-refractivity contribution in [1.82, 2.24) is 10.3 Å². The molecule has 0 saturated heterocycles. The lowest BCUT2D eigenvalue weighted by Crippen LogP contribution is -2.34. The second-order valence-corrected chi connectivity index (χ2v) is 7.02. The Kier molecular flexibility index (Phi) is 8.20. The summed E-state index contributed by atoms with van der Waals surface area (Å²) in [6.07, 6.45) is 1.55. The first-order valence-electron chi connectivity index (χ1n) is 10.0. The quantitative estimate of drug-likeness (QED) is 0.402. The minimum absolute atomic E-state index is 0.190. The number of methoxy groups -OCH3 is 2. The van der Waals surface area contributed by atoms with Crippen molar-refractivity contribution in [1.29, 1.82) is 0 Å². The van der Waals surface area contributed by atoms with Gasteiger partial charge in [0.05, 0.1) is 27.0 Å². The zero-order valence-electron chi connectivity index (χ0n) is 17.8. The van der Waals surface area contributed by atoms with Gasteiger partial charge in [-0.05, 0) is 29.3 Å². The van der Waals surface area contributed by atoms with Crippen LogP contribution in [0.25, 0.3) is 0 Å². The Balaban J connectivity index is 1.65. The molecule has 1 amide bonds. The molecule has 0 aliphatic heterocycles. The van der Waals surface area contributed by atoms with E-state index in [2.05, 4.69) is 39.7 Å². The largest absolute Gasteiger partial charge is 0.497 e. The predicted octanol–water partition coefficient (Wildman–Crippen LogP) is 3.86. The van der Waals surface area contributed by atoms with Gasteiger partial charge in [-0.25, -0.2) is 5.43 Å². The predicted molar refractivity (Wildman–Crippen MR) is 122 cm³/mol. The maximum Gasteiger partial charge on any atom is 0.254 e. The van der Waals surface area contributed by atoms with Crippen LogP contribution < -0.4 is 14.9 Å². The lowest BCUT2D eigenvalue weighted by molar-refractivity contribution is -0.122. The summed E-state index contributed by atoms with van der Waals surface area (Å²) < 4.78 is 10.6. The summed E-state index contributed by atoms with van der Waals surface area (Å²) in [6, 6.07) is 25.6. The standard InChI is InChI=1S/C25H27N3O3/c1-30-23-13-14-24(31-2)22(15-23)16-26-27-25(29)19-28(17-20-9-5-3-6-10-20)18-21-11-7-4-8-12-21/h3-16H,17-19H2,1-2H3,(H,27,29)/b26-16+. The zero-order valence-corrected chi connectivity index (χ0v) is 17.8. The SMILES string of the molecule is COc1ccc(OC)c(/C=N/NC(=O)CN(Cc2ccccc2)Cc2ccccc2)c1. The first-order valence-corrected chi connectivity index (χ1v) is 10.0. The number of hydrazone groups is 1. The fourth-order valence-electron chi connectivity index (χ4n) is 3.20. The zero-order chi connectivity index (χ0) is 21.9. The van der Waals surface area contributed by atoms with Crippen molar-refractivity contribution in [2.75, 3.05) is 20.8 Å². The monoisotopic (exact) mass is 417 g/mol. The molecule has 0 aliphatic rings. The van der Waals surface area contributed by atoms with E-state index in [1.54, 1.807) is 38.6 Å². The maximum absolute atomic E-state index is 12.6. The van der Waals surface area contributed by atoms with E-state index < -0.39 is 0 Å². The lowest BCUT2D eigenvalue weighted by atomic mass is 10.1. The smallest absolute Gasteiger partial charge is 0.254 e. The number of hydrogen-bond donors (Lipinski definition) is 1. The second-order valence-electron chi connectivity index (χ2n) is 7.02. The molecule has 31 heavy (non-hydrogen) atoms. The Morgan fingerprint density at radius 2 is 1.52 bits per heavy atom. The van der Waals surface area contributed by atoms with Gasteiger partial charge in [-0.3, -0.25) is 9.69 Å². The van der Waals surface area contributed by atoms with Crippen molar-refractivity contribution < 1.29 is 14.3 Å². The molecule has 3 rings (SSSR count). The van der Waals surface area contributed by atoms with E-state index >= 15 is 0 Å². The molecule has 0 aliphatic carbocycles. The van der Waals surface area contributed by atoms with Gasteiger partial charge in [-0.1, -0.05) is 60.7 Å². The van der Waals surface area contributed by atoms with Crippen molar-refractivity contribution in [3.05, 3.63) is 95.6 Å². The summed E-state index contributed by atoms with van der Waals surface area (Å²) in [6.45, 7) is 1.55. The molecule has 160 valence electrons. The van der Waals surface area contributed by atoms with E-state index in [9.17, 15) is 4.79 Å². The summed E-state index contributed by atoms with van der Waals surface area (Å²) in [4.78, 5) is 14.7. The molecule has 0 heterocycles. The van der Waals surface area contributed by atoms with Crippen LogP contribution in [-0.4, -0.2) is 37.8 Å². The molecule has 0 unspecified atom stereocenters. The minimum Gasteiger partial charge on any atom is -0.497 e. The molecule has 3 aromatic rings. The fourth-order valence-corrected chi connectivity index (χ4v) is 3.20. The van der Waals surface area contributed by atoms with E-state index in [0.29, 0.717) is 30.2 Å². The van der Waals surface area contributed by atoms with Crippen molar-refractivity contribution in [2.45, 2.75) is 13.1 Å². The Morgan fingerprint density at radius 1 is 0.903 bits per heavy atom. The lowest BCUT2D eigenvalue weighted by Gasteiger charge is -2.21. The molecule has 0 fully saturated rings. The Labute approximate surface area is 183 Å². The van der Waals surface area contributed by atoms with E-state index in [-0.39, 0.29) is 12.5 Å². The number of ether oxygens (including phenoxy) is 2. The molecular formula is C25H27N3O3. The maximum atomic E-state index is 12.6. The highest BCUT2D eigenvalue weighted by Gasteiger charge is 2.12. The Morgan fingerprint density at radius 3 is 2.06 bits per heavy atom. The number of carbonyl (C=O) groups excluding carboxylic acids is 1. The summed E-state index contributed by atoms with van der Waals surface area (Å²) in [5.74, 6) is 1.14. The summed E-state index contributed by atoms with van der Waals surface area (Å²) >= 11 is 0. The van der Waals surface area contributed by atoms with Crippen LogP contribution in [0.4, 0.5) is 0 Å². The summed E-state index contributed by atoms with van der Waals surface area (Å²) in [5, 5.41) is 4.11. The van der Waals surface area contributed by atoms with Gasteiger partial charge in [0.1, 0.15) is 11.5 Å². The fraction of sp³-hybridized carbons (Fsp3) is 0.200. The van der Waals surface area contributed by atoms with Crippen LogP contribution in [0, 0.1) is 0 Å². The van der Waals surface area contributed by atoms with Gasteiger partial charge in [0.2, 0.25) is 0 Å². The number of rotatable bonds is 10. The number of nitrogens with zero attached hydrogens (tertiary/aromatic N) is 2. The average Bonchev–Trinajstić information content (AvgIpc) is 2.80. The third kappa shape index (κ3) is 6.97. The van der Waals surface area contributed by atoms with Gasteiger partial charge in [-0.15, -0.1) is 0 Å². The van der Waals surface area contributed by atoms with Gasteiger partial charge in [0.25, 0.3) is 5.91 Å². The Hall–Kier alpha value is -3.64. The van der Waals surface area contributed by atoms with Crippen molar-refractivity contribution in [2.24, 2.45) is 5.10 Å². The van der Waals surface area contributed by atoms with Crippen LogP contribution >= 0.6 is 0 Å². The molecule has 6 heteroatoms. The van der Waals surface area contributed by atoms with Gasteiger partial charge >= 0.3 is 0 Å². The van der Waals surface area contributed by atoms with Crippen LogP contribution in [-0.2, 0) is 17.9 Å². The number of carbonyl (C=O) groups is 1. The summed E-state index contributed by atoms with van der Waals surface area (Å²) in [5.41, 5.74) is 5.63. The molecular weight excluding hydrogens is 390 g/mol. The van der Waals surface area contributed by atoms with Crippen molar-refractivity contribution >= 4 is 12.1 Å². The van der Waals surface area contributed by atoms with Crippen LogP contribution in [0.2, 0.25) is 0 Å². The molecule has 0 aromatic heterocycles. The van der Waals surface area contributed by atoms with Gasteiger partial charge in [0, 0.05) is 18.7 Å². The second kappa shape index (κ2) is 11.5. The molecule has 6 nitrogen and oxygen atoms in total. The average molecular weight is 418 g/mol. The summed E-state index contributed by atoms with van der Waals surface area (Å²) in [7, 11) is 3.18. The van der Waals surface area contributed by atoms with Crippen LogP contribution in [0.15, 0.2) is 84.0 Å². The van der Waals surface area contributed by atoms with Crippen LogP contribution in [0.5, 0.6) is 11.5 Å².